The van der Waals surface area contributed by atoms with Crippen molar-refractivity contribution in [3.63, 3.8) is 0 Å². The Bertz CT molecular complexity index is 918. The second-order valence-electron chi connectivity index (χ2n) is 4.79. The number of rotatable bonds is 4. The maximum absolute atomic E-state index is 11.1. The van der Waals surface area contributed by atoms with Gasteiger partial charge in [-0.05, 0) is 36.4 Å². The fourth-order valence-corrected chi connectivity index (χ4v) is 2.81. The van der Waals surface area contributed by atoms with E-state index in [0.717, 1.165) is 5.56 Å². The number of nitrogens with zero attached hydrogens (tertiary/aromatic N) is 1. The van der Waals surface area contributed by atoms with Gasteiger partial charge in [0.25, 0.3) is 10.1 Å². The standard InChI is InChI=1S/C16H12ClNO4S/c17-10-14-15(11-6-8-13(9-7-11)23(19,20)21)22-16(18-14)12-4-2-1-3-5-12/h1-9H,10H2,(H,19,20,21). The number of halogens is 1. The van der Waals surface area contributed by atoms with Crippen LogP contribution in [0.15, 0.2) is 63.9 Å². The van der Waals surface area contributed by atoms with Crippen molar-refractivity contribution >= 4 is 21.7 Å². The zero-order chi connectivity index (χ0) is 16.4. The first-order valence-corrected chi connectivity index (χ1v) is 8.65. The third-order valence-electron chi connectivity index (χ3n) is 3.26. The van der Waals surface area contributed by atoms with Crippen LogP contribution in [0.5, 0.6) is 0 Å². The summed E-state index contributed by atoms with van der Waals surface area (Å²) in [7, 11) is -4.23. The highest BCUT2D eigenvalue weighted by atomic mass is 35.5. The topological polar surface area (TPSA) is 80.4 Å². The molecule has 1 aromatic heterocycles. The summed E-state index contributed by atoms with van der Waals surface area (Å²) in [5.74, 6) is 1.07. The highest BCUT2D eigenvalue weighted by Crippen LogP contribution is 2.31. The largest absolute Gasteiger partial charge is 0.436 e. The lowest BCUT2D eigenvalue weighted by Gasteiger charge is -2.01. The third kappa shape index (κ3) is 3.29. The molecule has 0 aliphatic heterocycles. The van der Waals surface area contributed by atoms with E-state index in [4.69, 9.17) is 20.6 Å². The summed E-state index contributed by atoms with van der Waals surface area (Å²) in [4.78, 5) is 4.20. The van der Waals surface area contributed by atoms with Gasteiger partial charge in [0.05, 0.1) is 10.8 Å². The van der Waals surface area contributed by atoms with Gasteiger partial charge in [0.1, 0.15) is 5.69 Å². The Balaban J connectivity index is 2.04. The van der Waals surface area contributed by atoms with Gasteiger partial charge in [-0.25, -0.2) is 4.98 Å². The molecule has 7 heteroatoms. The first-order valence-electron chi connectivity index (χ1n) is 6.68. The number of alkyl halides is 1. The maximum atomic E-state index is 11.1. The molecule has 0 fully saturated rings. The smallest absolute Gasteiger partial charge is 0.294 e. The predicted molar refractivity (Wildman–Crippen MR) is 86.7 cm³/mol. The van der Waals surface area contributed by atoms with E-state index in [1.807, 2.05) is 30.3 Å². The molecule has 0 atom stereocenters. The van der Waals surface area contributed by atoms with Crippen LogP contribution >= 0.6 is 11.6 Å². The molecule has 118 valence electrons. The molecular formula is C16H12ClNO4S. The Morgan fingerprint density at radius 2 is 1.65 bits per heavy atom. The monoisotopic (exact) mass is 349 g/mol. The molecule has 0 saturated carbocycles. The summed E-state index contributed by atoms with van der Waals surface area (Å²) >= 11 is 5.93. The molecule has 1 N–H and O–H groups in total. The summed E-state index contributed by atoms with van der Waals surface area (Å²) in [5.41, 5.74) is 2.01. The molecule has 3 rings (SSSR count). The third-order valence-corrected chi connectivity index (χ3v) is 4.38. The minimum absolute atomic E-state index is 0.158. The number of oxazole rings is 1. The van der Waals surface area contributed by atoms with E-state index < -0.39 is 10.1 Å². The zero-order valence-corrected chi connectivity index (χ0v) is 13.4. The molecule has 5 nitrogen and oxygen atoms in total. The maximum Gasteiger partial charge on any atom is 0.294 e. The van der Waals surface area contributed by atoms with Crippen LogP contribution in [-0.4, -0.2) is 18.0 Å². The first kappa shape index (κ1) is 15.7. The number of hydrogen-bond donors (Lipinski definition) is 1. The first-order chi connectivity index (χ1) is 11.0. The molecule has 0 unspecified atom stereocenters. The van der Waals surface area contributed by atoms with Crippen molar-refractivity contribution in [1.82, 2.24) is 4.98 Å². The van der Waals surface area contributed by atoms with Crippen LogP contribution in [0.1, 0.15) is 5.69 Å². The molecule has 2 aromatic carbocycles. The highest BCUT2D eigenvalue weighted by Gasteiger charge is 2.17. The van der Waals surface area contributed by atoms with Crippen molar-refractivity contribution in [2.24, 2.45) is 0 Å². The van der Waals surface area contributed by atoms with Gasteiger partial charge in [0.15, 0.2) is 5.76 Å². The second kappa shape index (κ2) is 6.16. The molecule has 23 heavy (non-hydrogen) atoms. The van der Waals surface area contributed by atoms with E-state index in [1.165, 1.54) is 24.3 Å². The lowest BCUT2D eigenvalue weighted by molar-refractivity contribution is 0.483. The Morgan fingerprint density at radius 1 is 1.00 bits per heavy atom. The fourth-order valence-electron chi connectivity index (χ4n) is 2.15. The molecule has 3 aromatic rings. The molecule has 0 saturated heterocycles. The molecule has 0 aliphatic rings. The van der Waals surface area contributed by atoms with Crippen LogP contribution in [0.2, 0.25) is 0 Å². The van der Waals surface area contributed by atoms with E-state index in [0.29, 0.717) is 22.9 Å². The van der Waals surface area contributed by atoms with Crippen molar-refractivity contribution in [2.75, 3.05) is 0 Å². The molecular weight excluding hydrogens is 338 g/mol. The normalized spacial score (nSPS) is 11.6. The Morgan fingerprint density at radius 3 is 2.22 bits per heavy atom. The average molecular weight is 350 g/mol. The van der Waals surface area contributed by atoms with E-state index in [-0.39, 0.29) is 10.8 Å². The summed E-state index contributed by atoms with van der Waals surface area (Å²) in [5, 5.41) is 0. The second-order valence-corrected chi connectivity index (χ2v) is 6.48. The molecule has 0 aliphatic carbocycles. The highest BCUT2D eigenvalue weighted by molar-refractivity contribution is 7.85. The van der Waals surface area contributed by atoms with E-state index in [1.54, 1.807) is 0 Å². The molecule has 0 spiro atoms. The van der Waals surface area contributed by atoms with Gasteiger partial charge in [0.2, 0.25) is 5.89 Å². The Hall–Kier alpha value is -2.15. The molecule has 0 amide bonds. The number of benzene rings is 2. The number of hydrogen-bond acceptors (Lipinski definition) is 4. The van der Waals surface area contributed by atoms with Gasteiger partial charge >= 0.3 is 0 Å². The SMILES string of the molecule is O=S(=O)(O)c1ccc(-c2oc(-c3ccccc3)nc2CCl)cc1. The van der Waals surface area contributed by atoms with Crippen molar-refractivity contribution in [3.8, 4) is 22.8 Å². The minimum atomic E-state index is -4.23. The van der Waals surface area contributed by atoms with Crippen LogP contribution in [0.25, 0.3) is 22.8 Å². The van der Waals surface area contributed by atoms with Crippen molar-refractivity contribution in [3.05, 3.63) is 60.3 Å². The Labute approximate surface area is 138 Å². The summed E-state index contributed by atoms with van der Waals surface area (Å²) in [6, 6.07) is 15.1. The van der Waals surface area contributed by atoms with Gasteiger partial charge < -0.3 is 4.42 Å². The quantitative estimate of drug-likeness (QED) is 0.569. The summed E-state index contributed by atoms with van der Waals surface area (Å²) < 4.78 is 37.0. The van der Waals surface area contributed by atoms with E-state index in [9.17, 15) is 8.42 Å². The van der Waals surface area contributed by atoms with Crippen LogP contribution in [0, 0.1) is 0 Å². The Kier molecular flexibility index (Phi) is 4.21. The van der Waals surface area contributed by atoms with Crippen molar-refractivity contribution < 1.29 is 17.4 Å². The van der Waals surface area contributed by atoms with Crippen LogP contribution in [0.4, 0.5) is 0 Å². The van der Waals surface area contributed by atoms with Gasteiger partial charge in [-0.1, -0.05) is 18.2 Å². The average Bonchev–Trinajstić information content (AvgIpc) is 2.99. The van der Waals surface area contributed by atoms with E-state index >= 15 is 0 Å². The summed E-state index contributed by atoms with van der Waals surface area (Å²) in [6.45, 7) is 0. The van der Waals surface area contributed by atoms with Gasteiger partial charge in [-0.2, -0.15) is 8.42 Å². The summed E-state index contributed by atoms with van der Waals surface area (Å²) in [6.07, 6.45) is 0. The molecule has 0 bridgehead atoms. The van der Waals surface area contributed by atoms with Crippen LogP contribution in [-0.2, 0) is 16.0 Å². The van der Waals surface area contributed by atoms with Crippen LogP contribution in [0.3, 0.4) is 0 Å². The van der Waals surface area contributed by atoms with Crippen molar-refractivity contribution in [2.45, 2.75) is 10.8 Å². The lowest BCUT2D eigenvalue weighted by atomic mass is 10.1. The fraction of sp³-hybridized carbons (Fsp3) is 0.0625. The van der Waals surface area contributed by atoms with Gasteiger partial charge in [0, 0.05) is 11.1 Å². The molecule has 0 radical (unpaired) electrons. The van der Waals surface area contributed by atoms with Gasteiger partial charge in [-0.3, -0.25) is 4.55 Å². The minimum Gasteiger partial charge on any atom is -0.436 e. The predicted octanol–water partition coefficient (Wildman–Crippen LogP) is 3.99. The lowest BCUT2D eigenvalue weighted by Crippen LogP contribution is -1.97. The van der Waals surface area contributed by atoms with Crippen molar-refractivity contribution in [1.29, 1.82) is 0 Å². The van der Waals surface area contributed by atoms with Gasteiger partial charge in [-0.15, -0.1) is 11.6 Å². The van der Waals surface area contributed by atoms with Crippen LogP contribution < -0.4 is 0 Å². The van der Waals surface area contributed by atoms with E-state index in [2.05, 4.69) is 4.98 Å². The zero-order valence-electron chi connectivity index (χ0n) is 11.8. The molecule has 1 heterocycles. The number of aromatic nitrogens is 1.